The Morgan fingerprint density at radius 2 is 0.839 bits per heavy atom. The molecule has 0 spiro atoms. The molecule has 12 heterocycles. The van der Waals surface area contributed by atoms with Crippen molar-refractivity contribution in [2.75, 3.05) is 128 Å². The zero-order valence-electron chi connectivity index (χ0n) is 82.5. The number of hydrogen-bond acceptors (Lipinski definition) is 28. The Balaban J connectivity index is 0.000000182. The average Bonchev–Trinajstić information content (AvgIpc) is 1.36. The number of fused-ring (bicyclic) bond motifs is 4. The quantitative estimate of drug-likeness (QED) is 0.0251. The van der Waals surface area contributed by atoms with Crippen LogP contribution in [0.3, 0.4) is 0 Å². The number of hydrogen-bond donors (Lipinski definition) is 18. The first-order valence-corrected chi connectivity index (χ1v) is 50.3. The van der Waals surface area contributed by atoms with Gasteiger partial charge in [-0.25, -0.2) is 48.4 Å². The smallest absolute Gasteiger partial charge is 0.329 e. The first-order valence-electron chi connectivity index (χ1n) is 50.3. The van der Waals surface area contributed by atoms with Crippen LogP contribution in [-0.4, -0.2) is 341 Å². The minimum atomic E-state index is -1.68. The maximum Gasteiger partial charge on any atom is 0.329 e. The van der Waals surface area contributed by atoms with Gasteiger partial charge in [-0.2, -0.15) is 0 Å². The zero-order chi connectivity index (χ0) is 103. The molecule has 7 aliphatic heterocycles. The zero-order valence-corrected chi connectivity index (χ0v) is 82.5. The molecule has 5 aromatic rings. The molecule has 2 aliphatic carbocycles. The molecule has 5 fully saturated rings. The Morgan fingerprint density at radius 3 is 1.24 bits per heavy atom. The van der Waals surface area contributed by atoms with E-state index in [-0.39, 0.29) is 184 Å². The summed E-state index contributed by atoms with van der Waals surface area (Å²) in [5.41, 5.74) is 3.82. The summed E-state index contributed by atoms with van der Waals surface area (Å²) in [5, 5.41) is 122. The minimum absolute atomic E-state index is 0.00789. The third kappa shape index (κ3) is 33.1. The number of rotatable bonds is 39. The molecule has 143 heavy (non-hydrogen) atoms. The molecule has 0 aromatic carbocycles. The number of amides is 12. The second kappa shape index (κ2) is 52.9. The number of carbonyl (C=O) groups excluding carboxylic acids is 10. The van der Waals surface area contributed by atoms with Gasteiger partial charge in [0.15, 0.2) is 23.9 Å². The van der Waals surface area contributed by atoms with E-state index in [2.05, 4.69) is 120 Å². The number of ketones is 1. The standard InChI is InChI=1S/C27H38N4O6.C25H38N6O6.C24H35N9O5.C22H32N4O5/c32-21(17-29-24(33)19-7-8-19)16-22(25(34)35)27(37)11-14-31(15-12-27)26(36)28-13-3-5-20-10-9-18-4-1-2-6-23(18)30-20;1-17(32)30(2)14-9-20(33)29-21(23(34)35)25(37)10-15-31(16-11-25)24(36)27-13-4-6-19-8-7-18-5-3-12-26-22(18)28-19;1-16-29-30-31-33(16)13-8-19(34)28-20(22(35)36)24(38)9-14-32(15-10-24)23(37)26-12-3-5-18-7-6-17-4-2-11-25-21(17)27-18;1-15(27)24-19(21(29)30)22(31)10-13-26(14-11-22)18(28)7-3-2-6-17-9-8-16-5-4-12-23-20(16)25-17/h9-10,19,22,37H,1-8,11-17H2,(H,28,36)(H,29,33)(H,34,35);7-8,21,37H,3-6,9-16H2,1-2H3,(H,26,28)(H,27,36)(H,29,33)(H,34,35);6-7,20,38H,2-5,8-15H2,1H3,(H,25,27)(H,26,37)(H,28,34)(H,35,36);8-9,19,31H,2-7,10-14H2,1H3,(H,23,25)(H,24,27)(H,29,30)/t;;;19-/m...0/s1. The molecule has 4 atom stereocenters. The molecular formula is C98H143N23O22. The highest BCUT2D eigenvalue weighted by atomic mass is 16.4. The van der Waals surface area contributed by atoms with E-state index in [1.165, 1.54) is 69.1 Å². The van der Waals surface area contributed by atoms with E-state index in [9.17, 15) is 108 Å². The molecule has 9 aliphatic rings. The molecule has 0 bridgehead atoms. The van der Waals surface area contributed by atoms with Crippen molar-refractivity contribution in [2.45, 2.75) is 280 Å². The summed E-state index contributed by atoms with van der Waals surface area (Å²) >= 11 is 0. The molecule has 4 saturated heterocycles. The molecule has 18 N–H and O–H groups in total. The summed E-state index contributed by atoms with van der Waals surface area (Å²) in [4.78, 5) is 195. The SMILES string of the molecule is CC(=O)N(C)CCC(=O)NC(C(=O)O)C1(O)CCN(C(=O)NCCCc2ccc3c(n2)NCCC3)CC1.CC(=O)N[C@@H](C(=O)O)C1(O)CCN(C(=O)CCCCc2ccc3c(n2)NCCC3)CC1.Cc1nnnn1CCC(=O)NC(C(=O)O)C1(O)CCN(C(=O)NCCCc2ccc3c(n2)NCCC3)CC1.O=C(CNC(=O)C1CC1)CC(C(=O)O)C1(O)CCN(C(=O)NCCCc2ccc3c(n2)CCCC3)CC1. The van der Waals surface area contributed by atoms with Crippen molar-refractivity contribution in [3.8, 4) is 0 Å². The number of pyridine rings is 4. The number of likely N-dealkylation sites (tertiary alicyclic amines) is 4. The average molecular weight is 2000 g/mol. The van der Waals surface area contributed by atoms with E-state index in [0.717, 1.165) is 182 Å². The predicted molar refractivity (Wildman–Crippen MR) is 521 cm³/mol. The third-order valence-electron chi connectivity index (χ3n) is 28.1. The maximum absolute atomic E-state index is 12.6. The lowest BCUT2D eigenvalue weighted by molar-refractivity contribution is -0.158. The number of carbonyl (C=O) groups is 14. The maximum atomic E-state index is 12.6. The van der Waals surface area contributed by atoms with Crippen LogP contribution in [0.15, 0.2) is 48.5 Å². The van der Waals surface area contributed by atoms with Crippen molar-refractivity contribution in [1.82, 2.24) is 102 Å². The summed E-state index contributed by atoms with van der Waals surface area (Å²) < 4.78 is 1.43. The number of piperidine rings is 4. The van der Waals surface area contributed by atoms with Gasteiger partial charge in [-0.15, -0.1) is 5.10 Å². The van der Waals surface area contributed by atoms with Gasteiger partial charge in [-0.3, -0.25) is 43.3 Å². The van der Waals surface area contributed by atoms with Gasteiger partial charge in [-0.05, 0) is 250 Å². The highest BCUT2D eigenvalue weighted by Crippen LogP contribution is 2.36. The van der Waals surface area contributed by atoms with Crippen molar-refractivity contribution in [2.24, 2.45) is 11.8 Å². The Morgan fingerprint density at radius 1 is 0.448 bits per heavy atom. The van der Waals surface area contributed by atoms with Crippen LogP contribution in [0.4, 0.5) is 31.8 Å². The molecule has 782 valence electrons. The van der Waals surface area contributed by atoms with Gasteiger partial charge in [0.05, 0.1) is 41.4 Å². The van der Waals surface area contributed by atoms with Crippen LogP contribution in [0.1, 0.15) is 224 Å². The van der Waals surface area contributed by atoms with Crippen LogP contribution in [0.5, 0.6) is 0 Å². The minimum Gasteiger partial charge on any atom is -0.481 e. The summed E-state index contributed by atoms with van der Waals surface area (Å²) in [7, 11) is 1.54. The number of aryl methyl sites for hydroxylation is 11. The van der Waals surface area contributed by atoms with Crippen molar-refractivity contribution in [3.63, 3.8) is 0 Å². The van der Waals surface area contributed by atoms with Crippen LogP contribution in [0.2, 0.25) is 0 Å². The highest BCUT2D eigenvalue weighted by Gasteiger charge is 2.50. The fourth-order valence-electron chi connectivity index (χ4n) is 18.9. The summed E-state index contributed by atoms with van der Waals surface area (Å²) in [5.74, 6) is -5.53. The van der Waals surface area contributed by atoms with Crippen molar-refractivity contribution < 1.29 is 108 Å². The molecule has 45 heteroatoms. The molecule has 1 saturated carbocycles. The van der Waals surface area contributed by atoms with Gasteiger partial charge in [-0.1, -0.05) is 24.3 Å². The number of carboxylic acid groups (broad SMARTS) is 4. The fraction of sp³-hybridized carbons (Fsp3) is 0.643. The fourth-order valence-corrected chi connectivity index (χ4v) is 18.9. The summed E-state index contributed by atoms with van der Waals surface area (Å²) in [6.07, 6.45) is 19.9. The lowest BCUT2D eigenvalue weighted by Gasteiger charge is -2.41. The summed E-state index contributed by atoms with van der Waals surface area (Å²) in [6.45, 7) is 10.2. The third-order valence-corrected chi connectivity index (χ3v) is 28.1. The van der Waals surface area contributed by atoms with Crippen LogP contribution in [0.25, 0.3) is 0 Å². The lowest BCUT2D eigenvalue weighted by atomic mass is 9.77. The number of aliphatic hydroxyl groups is 4. The Labute approximate surface area is 831 Å². The van der Waals surface area contributed by atoms with E-state index in [0.29, 0.717) is 31.9 Å². The Kier molecular flexibility index (Phi) is 40.9. The number of Topliss-reactive ketones (excluding diaryl/α,β-unsaturated/α-hetero) is 1. The van der Waals surface area contributed by atoms with Gasteiger partial charge in [0.25, 0.3) is 0 Å². The van der Waals surface area contributed by atoms with E-state index in [1.807, 2.05) is 12.1 Å². The van der Waals surface area contributed by atoms with Crippen LogP contribution >= 0.6 is 0 Å². The molecule has 3 unspecified atom stereocenters. The lowest BCUT2D eigenvalue weighted by Crippen LogP contribution is -2.62. The van der Waals surface area contributed by atoms with Crippen LogP contribution in [0, 0.1) is 18.8 Å². The number of nitrogens with zero attached hydrogens (tertiary/aromatic N) is 13. The second-order valence-electron chi connectivity index (χ2n) is 38.8. The number of aromatic nitrogens is 8. The van der Waals surface area contributed by atoms with Crippen LogP contribution < -0.4 is 53.2 Å². The van der Waals surface area contributed by atoms with E-state index in [1.54, 1.807) is 28.7 Å². The number of anilines is 3. The molecule has 14 rings (SSSR count). The van der Waals surface area contributed by atoms with Gasteiger partial charge in [0.2, 0.25) is 35.4 Å². The van der Waals surface area contributed by atoms with Gasteiger partial charge >= 0.3 is 42.0 Å². The molecule has 45 nitrogen and oxygen atoms in total. The molecular weight excluding hydrogens is 1850 g/mol. The number of carboxylic acids is 4. The van der Waals surface area contributed by atoms with Crippen molar-refractivity contribution in [1.29, 1.82) is 0 Å². The van der Waals surface area contributed by atoms with E-state index in [4.69, 9.17) is 4.98 Å². The largest absolute Gasteiger partial charge is 0.481 e. The van der Waals surface area contributed by atoms with E-state index < -0.39 is 93.8 Å². The van der Waals surface area contributed by atoms with Crippen molar-refractivity contribution >= 4 is 101 Å². The topological polar surface area (TPSA) is 632 Å². The predicted octanol–water partition coefficient (Wildman–Crippen LogP) is 2.92. The van der Waals surface area contributed by atoms with Gasteiger partial charge in [0.1, 0.15) is 23.3 Å². The van der Waals surface area contributed by atoms with E-state index >= 15 is 0 Å². The van der Waals surface area contributed by atoms with Gasteiger partial charge < -0.3 is 119 Å². The number of aliphatic carboxylic acids is 4. The van der Waals surface area contributed by atoms with Gasteiger partial charge in [0, 0.05) is 179 Å². The normalized spacial score (nSPS) is 18.0. The monoisotopic (exact) mass is 1990 g/mol. The molecule has 12 amide bonds. The number of tetrazole rings is 1. The molecule has 0 radical (unpaired) electrons. The van der Waals surface area contributed by atoms with Crippen LogP contribution in [-0.2, 0) is 117 Å². The Bertz CT molecular complexity index is 5240. The Hall–Kier alpha value is -12.9. The second-order valence-corrected chi connectivity index (χ2v) is 38.8. The number of unbranched alkanes of at least 4 members (excludes halogenated alkanes) is 1. The number of urea groups is 3. The first kappa shape index (κ1) is 110. The molecule has 5 aromatic heterocycles. The summed E-state index contributed by atoms with van der Waals surface area (Å²) in [6, 6.07) is 11.6. The van der Waals surface area contributed by atoms with Crippen molar-refractivity contribution in [3.05, 3.63) is 105 Å². The number of nitrogens with one attached hydrogen (secondary N) is 10. The first-order chi connectivity index (χ1) is 68.4. The highest BCUT2D eigenvalue weighted by molar-refractivity contribution is 5.91.